The van der Waals surface area contributed by atoms with Gasteiger partial charge in [-0.25, -0.2) is 14.8 Å². The topological polar surface area (TPSA) is 124 Å². The van der Waals surface area contributed by atoms with Crippen LogP contribution >= 0.6 is 0 Å². The number of carbonyl (C=O) groups is 3. The van der Waals surface area contributed by atoms with Gasteiger partial charge < -0.3 is 19.3 Å². The van der Waals surface area contributed by atoms with Crippen LogP contribution in [0.3, 0.4) is 0 Å². The lowest BCUT2D eigenvalue weighted by molar-refractivity contribution is -0.172. The normalized spacial score (nSPS) is 9.26. The fraction of sp³-hybridized carbons (Fsp3) is 0.529. The number of nitrogens with zero attached hydrogens (tertiary/aromatic N) is 2. The highest BCUT2D eigenvalue weighted by molar-refractivity contribution is 5.95. The van der Waals surface area contributed by atoms with Gasteiger partial charge in [0.2, 0.25) is 5.78 Å². The predicted molar refractivity (Wildman–Crippen MR) is 96.3 cm³/mol. The summed E-state index contributed by atoms with van der Waals surface area (Å²) in [7, 11) is 7.25. The van der Waals surface area contributed by atoms with E-state index in [1.165, 1.54) is 35.5 Å². The number of rotatable bonds is 8. The number of amides is 1. The van der Waals surface area contributed by atoms with Crippen molar-refractivity contribution in [1.82, 2.24) is 10.0 Å². The number of likely N-dealkylation sites (N-methyl/N-ethyl adjacent to an activating group) is 1. The molecule has 0 spiro atoms. The van der Waals surface area contributed by atoms with Gasteiger partial charge in [0.15, 0.2) is 0 Å². The molecule has 0 bridgehead atoms. The molecule has 0 aromatic carbocycles. The molecule has 27 heavy (non-hydrogen) atoms. The van der Waals surface area contributed by atoms with Gasteiger partial charge in [0.05, 0.1) is 7.11 Å². The maximum Gasteiger partial charge on any atom is 0.329 e. The van der Waals surface area contributed by atoms with Gasteiger partial charge in [-0.2, -0.15) is 0 Å². The van der Waals surface area contributed by atoms with Crippen molar-refractivity contribution in [1.29, 1.82) is 0 Å². The first kappa shape index (κ1) is 26.8. The van der Waals surface area contributed by atoms with E-state index in [-0.39, 0.29) is 31.5 Å². The zero-order valence-electron chi connectivity index (χ0n) is 16.6. The molecule has 1 amide bonds. The van der Waals surface area contributed by atoms with Crippen LogP contribution in [-0.2, 0) is 28.6 Å². The molecule has 0 fully saturated rings. The number of carboxylic acids is 1. The fourth-order valence-corrected chi connectivity index (χ4v) is 1.34. The molecular weight excluding hydrogens is 360 g/mol. The largest absolute Gasteiger partial charge is 0.480 e. The number of aliphatic carboxylic acids is 1. The van der Waals surface area contributed by atoms with Gasteiger partial charge >= 0.3 is 5.97 Å². The fourth-order valence-electron chi connectivity index (χ4n) is 1.34. The van der Waals surface area contributed by atoms with Crippen molar-refractivity contribution in [3.8, 4) is 0 Å². The Labute approximate surface area is 158 Å². The summed E-state index contributed by atoms with van der Waals surface area (Å²) in [6, 6.07) is 5.35. The molecule has 0 aliphatic rings. The lowest BCUT2D eigenvalue weighted by atomic mass is 10.2. The maximum atomic E-state index is 11.2. The van der Waals surface area contributed by atoms with Crippen molar-refractivity contribution >= 4 is 17.7 Å². The molecule has 0 saturated carbocycles. The molecular formula is C17H28N2O8. The molecule has 0 radical (unpaired) electrons. The van der Waals surface area contributed by atoms with Gasteiger partial charge in [0.25, 0.3) is 5.91 Å². The van der Waals surface area contributed by atoms with E-state index in [1.54, 1.807) is 6.07 Å². The molecule has 10 nitrogen and oxygen atoms in total. The molecule has 1 aromatic rings. The zero-order valence-corrected chi connectivity index (χ0v) is 16.6. The van der Waals surface area contributed by atoms with Crippen LogP contribution in [0.25, 0.3) is 0 Å². The number of methoxy groups -OCH3 is 3. The number of hydrogen-bond acceptors (Lipinski definition) is 8. The Hall–Kier alpha value is -2.40. The first-order valence-electron chi connectivity index (χ1n) is 7.69. The van der Waals surface area contributed by atoms with Crippen LogP contribution in [-0.4, -0.2) is 88.1 Å². The number of carbonyl (C=O) groups excluding carboxylic acids is 2. The average Bonchev–Trinajstić information content (AvgIpc) is 2.62. The molecule has 1 N–H and O–H groups in total. The SMILES string of the molecule is COCC(=O)N(C)OC.COCC(=O)O.COCC(=O)c1cccc(C)n1. The zero-order chi connectivity index (χ0) is 21.2. The summed E-state index contributed by atoms with van der Waals surface area (Å²) >= 11 is 0. The van der Waals surface area contributed by atoms with Gasteiger partial charge in [-0.15, -0.1) is 0 Å². The van der Waals surface area contributed by atoms with E-state index in [0.717, 1.165) is 10.8 Å². The van der Waals surface area contributed by atoms with E-state index >= 15 is 0 Å². The highest BCUT2D eigenvalue weighted by Crippen LogP contribution is 1.99. The smallest absolute Gasteiger partial charge is 0.329 e. The number of hydrogen-bond donors (Lipinski definition) is 1. The highest BCUT2D eigenvalue weighted by atomic mass is 16.7. The van der Waals surface area contributed by atoms with Crippen molar-refractivity contribution in [2.24, 2.45) is 0 Å². The molecule has 1 aromatic heterocycles. The molecule has 1 rings (SSSR count). The number of aromatic nitrogens is 1. The molecule has 0 aliphatic carbocycles. The number of aryl methyl sites for hydroxylation is 1. The Bertz CT molecular complexity index is 566. The van der Waals surface area contributed by atoms with Crippen LogP contribution in [0.4, 0.5) is 0 Å². The Kier molecular flexibility index (Phi) is 16.9. The average molecular weight is 388 g/mol. The molecule has 0 atom stereocenters. The molecule has 0 aliphatic heterocycles. The van der Waals surface area contributed by atoms with Crippen LogP contribution < -0.4 is 0 Å². The minimum atomic E-state index is -0.933. The van der Waals surface area contributed by atoms with Crippen LogP contribution in [0.5, 0.6) is 0 Å². The number of ketones is 1. The van der Waals surface area contributed by atoms with Crippen LogP contribution in [0, 0.1) is 6.92 Å². The summed E-state index contributed by atoms with van der Waals surface area (Å²) in [5, 5.41) is 8.90. The second kappa shape index (κ2) is 17.0. The number of carboxylic acid groups (broad SMARTS) is 1. The third kappa shape index (κ3) is 15.6. The number of pyridine rings is 1. The van der Waals surface area contributed by atoms with Crippen molar-refractivity contribution in [2.75, 3.05) is 55.3 Å². The van der Waals surface area contributed by atoms with Crippen LogP contribution in [0.2, 0.25) is 0 Å². The third-order valence-corrected chi connectivity index (χ3v) is 2.61. The van der Waals surface area contributed by atoms with Gasteiger partial charge in [-0.1, -0.05) is 6.07 Å². The molecule has 154 valence electrons. The maximum absolute atomic E-state index is 11.2. The van der Waals surface area contributed by atoms with E-state index in [2.05, 4.69) is 19.3 Å². The standard InChI is InChI=1S/C9H11NO2.C5H11NO3.C3H6O3/c1-7-4-3-5-8(10-7)9(11)6-12-2;1-6(9-3)5(7)4-8-2;1-6-2-3(4)5/h3-5H,6H2,1-2H3;4H2,1-3H3;2H2,1H3,(H,4,5). The van der Waals surface area contributed by atoms with Crippen molar-refractivity contribution in [2.45, 2.75) is 6.92 Å². The van der Waals surface area contributed by atoms with Crippen molar-refractivity contribution < 1.29 is 38.5 Å². The van der Waals surface area contributed by atoms with E-state index in [0.29, 0.717) is 5.69 Å². The second-order valence-electron chi connectivity index (χ2n) is 4.85. The Morgan fingerprint density at radius 3 is 1.93 bits per heavy atom. The van der Waals surface area contributed by atoms with Crippen molar-refractivity contribution in [3.63, 3.8) is 0 Å². The second-order valence-corrected chi connectivity index (χ2v) is 4.85. The predicted octanol–water partition coefficient (Wildman–Crippen LogP) is 0.589. The van der Waals surface area contributed by atoms with E-state index in [4.69, 9.17) is 9.84 Å². The van der Waals surface area contributed by atoms with E-state index in [1.807, 2.05) is 19.1 Å². The Balaban J connectivity index is 0. The Morgan fingerprint density at radius 2 is 1.56 bits per heavy atom. The number of ether oxygens (including phenoxy) is 3. The molecule has 1 heterocycles. The van der Waals surface area contributed by atoms with Crippen LogP contribution in [0.15, 0.2) is 18.2 Å². The van der Waals surface area contributed by atoms with Gasteiger partial charge in [0, 0.05) is 34.1 Å². The Morgan fingerprint density at radius 1 is 1.00 bits per heavy atom. The summed E-state index contributed by atoms with van der Waals surface area (Å²) in [5.74, 6) is -1.21. The van der Waals surface area contributed by atoms with Gasteiger partial charge in [-0.05, 0) is 19.1 Å². The minimum Gasteiger partial charge on any atom is -0.480 e. The summed E-state index contributed by atoms with van der Waals surface area (Å²) in [4.78, 5) is 40.0. The number of hydroxylamine groups is 2. The monoisotopic (exact) mass is 388 g/mol. The first-order valence-corrected chi connectivity index (χ1v) is 7.69. The first-order chi connectivity index (χ1) is 12.7. The molecule has 10 heteroatoms. The van der Waals surface area contributed by atoms with Crippen molar-refractivity contribution in [3.05, 3.63) is 29.6 Å². The lowest BCUT2D eigenvalue weighted by Gasteiger charge is -2.11. The summed E-state index contributed by atoms with van der Waals surface area (Å²) in [6.07, 6.45) is 0. The van der Waals surface area contributed by atoms with E-state index < -0.39 is 5.97 Å². The van der Waals surface area contributed by atoms with Crippen LogP contribution in [0.1, 0.15) is 16.2 Å². The quantitative estimate of drug-likeness (QED) is 0.503. The van der Waals surface area contributed by atoms with Gasteiger partial charge in [-0.3, -0.25) is 14.4 Å². The van der Waals surface area contributed by atoms with Gasteiger partial charge in [0.1, 0.15) is 25.5 Å². The molecule has 0 saturated heterocycles. The third-order valence-electron chi connectivity index (χ3n) is 2.61. The summed E-state index contributed by atoms with van der Waals surface area (Å²) in [6.45, 7) is 1.80. The summed E-state index contributed by atoms with van der Waals surface area (Å²) in [5.41, 5.74) is 1.31. The highest BCUT2D eigenvalue weighted by Gasteiger charge is 2.05. The minimum absolute atomic E-state index is 0.0599. The van der Waals surface area contributed by atoms with E-state index in [9.17, 15) is 14.4 Å². The lowest BCUT2D eigenvalue weighted by Crippen LogP contribution is -2.28. The summed E-state index contributed by atoms with van der Waals surface area (Å²) < 4.78 is 13.5. The number of Topliss-reactive ketones (excluding diaryl/α,β-unsaturated/α-hetero) is 1. The molecule has 0 unspecified atom stereocenters.